The Bertz CT molecular complexity index is 637. The number of carbonyl (C=O) groups is 1. The van der Waals surface area contributed by atoms with Crippen LogP contribution in [-0.4, -0.2) is 40.0 Å². The molecule has 20 heavy (non-hydrogen) atoms. The number of carbonyl (C=O) groups excluding carboxylic acids is 1. The van der Waals surface area contributed by atoms with E-state index in [0.29, 0.717) is 0 Å². The van der Waals surface area contributed by atoms with Crippen LogP contribution in [-0.2, 0) is 6.18 Å². The molecule has 9 heteroatoms. The van der Waals surface area contributed by atoms with Gasteiger partial charge in [0.15, 0.2) is 0 Å². The van der Waals surface area contributed by atoms with Crippen LogP contribution in [0.2, 0.25) is 0 Å². The van der Waals surface area contributed by atoms with Crippen molar-refractivity contribution in [3.63, 3.8) is 0 Å². The van der Waals surface area contributed by atoms with Crippen molar-refractivity contribution in [1.29, 1.82) is 0 Å². The van der Waals surface area contributed by atoms with E-state index in [1.54, 1.807) is 0 Å². The molecule has 0 spiro atoms. The number of halogens is 3. The predicted molar refractivity (Wildman–Crippen MR) is 60.5 cm³/mol. The minimum atomic E-state index is -4.58. The van der Waals surface area contributed by atoms with Crippen LogP contribution in [0.25, 0.3) is 11.5 Å². The molecule has 0 fully saturated rings. The van der Waals surface area contributed by atoms with Crippen molar-refractivity contribution in [3.8, 4) is 11.5 Å². The molecule has 0 aliphatic heterocycles. The number of hydrogen-bond acceptors (Lipinski definition) is 5. The van der Waals surface area contributed by atoms with Crippen molar-refractivity contribution in [2.75, 3.05) is 14.1 Å². The smallest absolute Gasteiger partial charge is 0.342 e. The highest BCUT2D eigenvalue weighted by Gasteiger charge is 2.35. The molecular weight excluding hydrogens is 277 g/mol. The summed E-state index contributed by atoms with van der Waals surface area (Å²) in [7, 11) is 2.92. The summed E-state index contributed by atoms with van der Waals surface area (Å²) >= 11 is 0. The molecule has 1 amide bonds. The highest BCUT2D eigenvalue weighted by molar-refractivity contribution is 5.90. The second-order valence-electron chi connectivity index (χ2n) is 4.04. The fourth-order valence-electron chi connectivity index (χ4n) is 1.43. The summed E-state index contributed by atoms with van der Waals surface area (Å²) in [6.07, 6.45) is -2.62. The first-order chi connectivity index (χ1) is 9.30. The summed E-state index contributed by atoms with van der Waals surface area (Å²) in [5.74, 6) is -1.30. The molecule has 2 rings (SSSR count). The lowest BCUT2D eigenvalue weighted by atomic mass is 10.1. The monoisotopic (exact) mass is 286 g/mol. The lowest BCUT2D eigenvalue weighted by Crippen LogP contribution is -2.22. The molecule has 6 nitrogen and oxygen atoms in total. The van der Waals surface area contributed by atoms with Gasteiger partial charge in [0.2, 0.25) is 0 Å². The van der Waals surface area contributed by atoms with E-state index in [-0.39, 0.29) is 11.4 Å². The SMILES string of the molecule is CN(C)C(=O)c1noc(-c2cnccc2C(F)(F)F)n1. The summed E-state index contributed by atoms with van der Waals surface area (Å²) in [6, 6.07) is 0.799. The van der Waals surface area contributed by atoms with Crippen LogP contribution in [0.15, 0.2) is 23.0 Å². The van der Waals surface area contributed by atoms with E-state index in [1.165, 1.54) is 19.0 Å². The average molecular weight is 286 g/mol. The van der Waals surface area contributed by atoms with E-state index in [4.69, 9.17) is 4.52 Å². The molecule has 0 aliphatic rings. The van der Waals surface area contributed by atoms with Crippen molar-refractivity contribution >= 4 is 5.91 Å². The van der Waals surface area contributed by atoms with E-state index < -0.39 is 23.5 Å². The van der Waals surface area contributed by atoms with Crippen LogP contribution in [0.4, 0.5) is 13.2 Å². The van der Waals surface area contributed by atoms with Gasteiger partial charge in [0.1, 0.15) is 0 Å². The molecule has 0 N–H and O–H groups in total. The molecule has 0 aromatic carbocycles. The fraction of sp³-hybridized carbons (Fsp3) is 0.273. The molecule has 0 saturated carbocycles. The van der Waals surface area contributed by atoms with Gasteiger partial charge >= 0.3 is 6.18 Å². The third-order valence-corrected chi connectivity index (χ3v) is 2.38. The van der Waals surface area contributed by atoms with Crippen molar-refractivity contribution in [2.24, 2.45) is 0 Å². The molecule has 2 aromatic heterocycles. The van der Waals surface area contributed by atoms with Crippen LogP contribution in [0.3, 0.4) is 0 Å². The Labute approximate surface area is 111 Å². The number of hydrogen-bond donors (Lipinski definition) is 0. The Morgan fingerprint density at radius 2 is 2.05 bits per heavy atom. The number of nitrogens with zero attached hydrogens (tertiary/aromatic N) is 4. The van der Waals surface area contributed by atoms with Gasteiger partial charge in [0.05, 0.1) is 11.1 Å². The Hall–Kier alpha value is -2.45. The maximum atomic E-state index is 12.8. The van der Waals surface area contributed by atoms with Crippen molar-refractivity contribution < 1.29 is 22.5 Å². The second kappa shape index (κ2) is 4.91. The number of amides is 1. The molecule has 2 aromatic rings. The zero-order chi connectivity index (χ0) is 14.9. The Balaban J connectivity index is 2.46. The van der Waals surface area contributed by atoms with Gasteiger partial charge in [-0.3, -0.25) is 9.78 Å². The molecule has 0 atom stereocenters. The number of rotatable bonds is 2. The summed E-state index contributed by atoms with van der Waals surface area (Å²) in [5, 5.41) is 3.36. The van der Waals surface area contributed by atoms with Crippen LogP contribution in [0, 0.1) is 0 Å². The second-order valence-corrected chi connectivity index (χ2v) is 4.04. The highest BCUT2D eigenvalue weighted by Crippen LogP contribution is 2.35. The third kappa shape index (κ3) is 2.60. The molecular formula is C11H9F3N4O2. The molecule has 2 heterocycles. The Kier molecular flexibility index (Phi) is 3.43. The number of pyridine rings is 1. The predicted octanol–water partition coefficient (Wildman–Crippen LogP) is 1.85. The van der Waals surface area contributed by atoms with Crippen LogP contribution >= 0.6 is 0 Å². The van der Waals surface area contributed by atoms with E-state index in [0.717, 1.165) is 18.5 Å². The van der Waals surface area contributed by atoms with Gasteiger partial charge in [-0.15, -0.1) is 0 Å². The van der Waals surface area contributed by atoms with E-state index in [9.17, 15) is 18.0 Å². The molecule has 106 valence electrons. The van der Waals surface area contributed by atoms with Gasteiger partial charge in [-0.2, -0.15) is 18.2 Å². The summed E-state index contributed by atoms with van der Waals surface area (Å²) < 4.78 is 43.2. The zero-order valence-corrected chi connectivity index (χ0v) is 10.5. The number of alkyl halides is 3. The molecule has 0 aliphatic carbocycles. The first-order valence-electron chi connectivity index (χ1n) is 5.37. The fourth-order valence-corrected chi connectivity index (χ4v) is 1.43. The van der Waals surface area contributed by atoms with Gasteiger partial charge in [0, 0.05) is 26.5 Å². The maximum absolute atomic E-state index is 12.8. The zero-order valence-electron chi connectivity index (χ0n) is 10.5. The van der Waals surface area contributed by atoms with Crippen molar-refractivity contribution in [1.82, 2.24) is 20.0 Å². The lowest BCUT2D eigenvalue weighted by Gasteiger charge is -2.08. The summed E-state index contributed by atoms with van der Waals surface area (Å²) in [4.78, 5) is 20.0. The van der Waals surface area contributed by atoms with E-state index >= 15 is 0 Å². The molecule has 0 unspecified atom stereocenters. The molecule has 0 saturated heterocycles. The summed E-state index contributed by atoms with van der Waals surface area (Å²) in [5.41, 5.74) is -1.33. The molecule has 0 bridgehead atoms. The van der Waals surface area contributed by atoms with E-state index in [2.05, 4.69) is 15.1 Å². The van der Waals surface area contributed by atoms with Gasteiger partial charge < -0.3 is 9.42 Å². The van der Waals surface area contributed by atoms with Crippen LogP contribution < -0.4 is 0 Å². The largest absolute Gasteiger partial charge is 0.417 e. The topological polar surface area (TPSA) is 72.1 Å². The van der Waals surface area contributed by atoms with E-state index in [1.807, 2.05) is 0 Å². The van der Waals surface area contributed by atoms with Crippen molar-refractivity contribution in [3.05, 3.63) is 29.8 Å². The maximum Gasteiger partial charge on any atom is 0.417 e. The normalized spacial score (nSPS) is 11.4. The Morgan fingerprint density at radius 1 is 1.35 bits per heavy atom. The standard InChI is InChI=1S/C11H9F3N4O2/c1-18(2)10(19)8-16-9(20-17-8)6-5-15-4-3-7(6)11(12,13)14/h3-5H,1-2H3. The highest BCUT2D eigenvalue weighted by atomic mass is 19.4. The van der Waals surface area contributed by atoms with Gasteiger partial charge in [-0.25, -0.2) is 0 Å². The van der Waals surface area contributed by atoms with Crippen LogP contribution in [0.5, 0.6) is 0 Å². The minimum absolute atomic E-state index is 0.318. The van der Waals surface area contributed by atoms with Crippen LogP contribution in [0.1, 0.15) is 16.2 Å². The minimum Gasteiger partial charge on any atom is -0.342 e. The molecule has 0 radical (unpaired) electrons. The van der Waals surface area contributed by atoms with Gasteiger partial charge in [-0.1, -0.05) is 5.16 Å². The average Bonchev–Trinajstić information content (AvgIpc) is 2.86. The van der Waals surface area contributed by atoms with Crippen molar-refractivity contribution in [2.45, 2.75) is 6.18 Å². The third-order valence-electron chi connectivity index (χ3n) is 2.38. The van der Waals surface area contributed by atoms with Gasteiger partial charge in [0.25, 0.3) is 17.6 Å². The Morgan fingerprint density at radius 3 is 2.65 bits per heavy atom. The quantitative estimate of drug-likeness (QED) is 0.842. The first-order valence-corrected chi connectivity index (χ1v) is 5.37. The first kappa shape index (κ1) is 14.0. The van der Waals surface area contributed by atoms with Gasteiger partial charge in [-0.05, 0) is 6.07 Å². The summed E-state index contributed by atoms with van der Waals surface area (Å²) in [6.45, 7) is 0. The number of aromatic nitrogens is 3. The lowest BCUT2D eigenvalue weighted by molar-refractivity contribution is -0.137.